The van der Waals surface area contributed by atoms with Gasteiger partial charge in [-0.2, -0.15) is 0 Å². The molecule has 0 fully saturated rings. The molecule has 1 unspecified atom stereocenters. The van der Waals surface area contributed by atoms with Gasteiger partial charge in [0.15, 0.2) is 0 Å². The SMILES string of the molecule is CCC(O)CNS(O)(O)c1ccc(C)cc1. The maximum atomic E-state index is 9.84. The topological polar surface area (TPSA) is 72.7 Å². The third-order valence-corrected chi connectivity index (χ3v) is 3.84. The zero-order valence-electron chi connectivity index (χ0n) is 9.55. The van der Waals surface area contributed by atoms with Gasteiger partial charge in [0, 0.05) is 6.54 Å². The summed E-state index contributed by atoms with van der Waals surface area (Å²) in [5.41, 5.74) is 1.06. The summed E-state index contributed by atoms with van der Waals surface area (Å²) in [5.74, 6) is 0. The molecule has 0 aromatic heterocycles. The first kappa shape index (κ1) is 13.5. The van der Waals surface area contributed by atoms with E-state index in [1.165, 1.54) is 0 Å². The molecule has 1 aromatic carbocycles. The van der Waals surface area contributed by atoms with Crippen molar-refractivity contribution in [2.24, 2.45) is 0 Å². The Bertz CT molecular complexity index is 327. The predicted molar refractivity (Wildman–Crippen MR) is 66.6 cm³/mol. The summed E-state index contributed by atoms with van der Waals surface area (Å²) in [4.78, 5) is 0.446. The Labute approximate surface area is 97.8 Å². The second-order valence-electron chi connectivity index (χ2n) is 3.77. The fourth-order valence-electron chi connectivity index (χ4n) is 1.17. The van der Waals surface area contributed by atoms with Gasteiger partial charge in [-0.05, 0) is 25.5 Å². The van der Waals surface area contributed by atoms with E-state index >= 15 is 0 Å². The van der Waals surface area contributed by atoms with E-state index in [1.54, 1.807) is 12.1 Å². The van der Waals surface area contributed by atoms with Crippen LogP contribution in [0.2, 0.25) is 0 Å². The number of benzene rings is 1. The molecule has 0 spiro atoms. The number of rotatable bonds is 5. The molecule has 4 N–H and O–H groups in total. The maximum Gasteiger partial charge on any atom is 0.0750 e. The Kier molecular flexibility index (Phi) is 4.76. The van der Waals surface area contributed by atoms with Gasteiger partial charge < -0.3 is 5.11 Å². The van der Waals surface area contributed by atoms with Crippen LogP contribution in [0.5, 0.6) is 0 Å². The van der Waals surface area contributed by atoms with Crippen LogP contribution in [0.15, 0.2) is 29.2 Å². The Morgan fingerprint density at radius 1 is 1.25 bits per heavy atom. The highest BCUT2D eigenvalue weighted by Gasteiger charge is 2.15. The summed E-state index contributed by atoms with van der Waals surface area (Å²) in [7, 11) is -2.99. The lowest BCUT2D eigenvalue weighted by Crippen LogP contribution is -2.29. The van der Waals surface area contributed by atoms with Gasteiger partial charge in [-0.25, -0.2) is 4.72 Å². The van der Waals surface area contributed by atoms with Gasteiger partial charge in [0.1, 0.15) is 0 Å². The van der Waals surface area contributed by atoms with E-state index in [0.717, 1.165) is 5.56 Å². The van der Waals surface area contributed by atoms with E-state index in [0.29, 0.717) is 11.3 Å². The lowest BCUT2D eigenvalue weighted by atomic mass is 10.2. The van der Waals surface area contributed by atoms with Crippen molar-refractivity contribution < 1.29 is 14.2 Å². The van der Waals surface area contributed by atoms with Crippen LogP contribution >= 0.6 is 10.8 Å². The molecule has 1 aromatic rings. The van der Waals surface area contributed by atoms with Crippen molar-refractivity contribution in [2.75, 3.05) is 6.54 Å². The van der Waals surface area contributed by atoms with Gasteiger partial charge in [0.2, 0.25) is 0 Å². The van der Waals surface area contributed by atoms with Crippen LogP contribution in [-0.4, -0.2) is 26.9 Å². The molecule has 4 nitrogen and oxygen atoms in total. The van der Waals surface area contributed by atoms with E-state index in [9.17, 15) is 14.2 Å². The molecule has 0 aliphatic heterocycles. The van der Waals surface area contributed by atoms with Crippen molar-refractivity contribution in [3.63, 3.8) is 0 Å². The molecule has 0 saturated heterocycles. The summed E-state index contributed by atoms with van der Waals surface area (Å²) in [6.07, 6.45) is 0.0211. The zero-order valence-corrected chi connectivity index (χ0v) is 10.4. The van der Waals surface area contributed by atoms with Crippen molar-refractivity contribution in [3.05, 3.63) is 29.8 Å². The van der Waals surface area contributed by atoms with Gasteiger partial charge in [-0.1, -0.05) is 24.6 Å². The van der Waals surface area contributed by atoms with Gasteiger partial charge >= 0.3 is 0 Å². The molecule has 0 bridgehead atoms. The van der Waals surface area contributed by atoms with Crippen molar-refractivity contribution in [1.29, 1.82) is 0 Å². The van der Waals surface area contributed by atoms with Gasteiger partial charge in [-0.3, -0.25) is 9.11 Å². The lowest BCUT2D eigenvalue weighted by molar-refractivity contribution is 0.173. The van der Waals surface area contributed by atoms with E-state index in [1.807, 2.05) is 26.0 Å². The average Bonchev–Trinajstić information content (AvgIpc) is 2.26. The van der Waals surface area contributed by atoms with Gasteiger partial charge in [-0.15, -0.1) is 10.8 Å². The fraction of sp³-hybridized carbons (Fsp3) is 0.455. The first-order valence-corrected chi connectivity index (χ1v) is 6.78. The van der Waals surface area contributed by atoms with E-state index in [2.05, 4.69) is 4.72 Å². The number of nitrogens with one attached hydrogen (secondary N) is 1. The Hall–Kier alpha value is -0.590. The minimum Gasteiger partial charge on any atom is -0.392 e. The number of aliphatic hydroxyl groups excluding tert-OH is 1. The highest BCUT2D eigenvalue weighted by atomic mass is 32.3. The van der Waals surface area contributed by atoms with Gasteiger partial charge in [0.25, 0.3) is 0 Å². The van der Waals surface area contributed by atoms with E-state index in [-0.39, 0.29) is 6.54 Å². The largest absolute Gasteiger partial charge is 0.392 e. The predicted octanol–water partition coefficient (Wildman–Crippen LogP) is 2.38. The molecule has 1 rings (SSSR count). The molecular weight excluding hydrogens is 226 g/mol. The monoisotopic (exact) mass is 245 g/mol. The molecule has 5 heteroatoms. The first-order chi connectivity index (χ1) is 7.45. The number of aliphatic hydroxyl groups is 1. The molecule has 0 amide bonds. The van der Waals surface area contributed by atoms with Crippen LogP contribution in [0.1, 0.15) is 18.9 Å². The summed E-state index contributed by atoms with van der Waals surface area (Å²) >= 11 is 0. The molecule has 0 heterocycles. The van der Waals surface area contributed by atoms with Crippen molar-refractivity contribution >= 4 is 10.8 Å². The van der Waals surface area contributed by atoms with E-state index < -0.39 is 16.9 Å². The second-order valence-corrected chi connectivity index (χ2v) is 5.63. The molecule has 0 radical (unpaired) electrons. The summed E-state index contributed by atoms with van der Waals surface area (Å²) < 4.78 is 22.3. The Morgan fingerprint density at radius 3 is 2.31 bits per heavy atom. The highest BCUT2D eigenvalue weighted by molar-refractivity contribution is 8.22. The fourth-order valence-corrected chi connectivity index (χ4v) is 2.28. The number of hydrogen-bond donors (Lipinski definition) is 4. The van der Waals surface area contributed by atoms with E-state index in [4.69, 9.17) is 0 Å². The second kappa shape index (κ2) is 5.65. The first-order valence-electron chi connectivity index (χ1n) is 5.23. The third kappa shape index (κ3) is 3.77. The molecule has 0 aliphatic rings. The van der Waals surface area contributed by atoms with Gasteiger partial charge in [0.05, 0.1) is 11.0 Å². The lowest BCUT2D eigenvalue weighted by Gasteiger charge is -2.33. The summed E-state index contributed by atoms with van der Waals surface area (Å²) in [5, 5.41) is 9.34. The standard InChI is InChI=1S/C11H19NO3S/c1-3-10(13)8-12-16(14,15)11-6-4-9(2)5-7-11/h4-7,10,12-15H,3,8H2,1-2H3. The average molecular weight is 245 g/mol. The molecule has 16 heavy (non-hydrogen) atoms. The molecule has 92 valence electrons. The van der Waals surface area contributed by atoms with Crippen LogP contribution in [0.4, 0.5) is 0 Å². The molecule has 0 saturated carbocycles. The smallest absolute Gasteiger partial charge is 0.0750 e. The quantitative estimate of drug-likeness (QED) is 0.642. The summed E-state index contributed by atoms with van der Waals surface area (Å²) in [6.45, 7) is 3.94. The van der Waals surface area contributed by atoms with Crippen molar-refractivity contribution in [3.8, 4) is 0 Å². The molecule has 0 aliphatic carbocycles. The molecular formula is C11H19NO3S. The Balaban J connectivity index is 2.66. The van der Waals surface area contributed by atoms with Crippen LogP contribution in [0.3, 0.4) is 0 Å². The number of aryl methyl sites for hydroxylation is 1. The normalized spacial score (nSPS) is 14.8. The minimum absolute atomic E-state index is 0.173. The highest BCUT2D eigenvalue weighted by Crippen LogP contribution is 2.43. The van der Waals surface area contributed by atoms with Crippen LogP contribution in [0.25, 0.3) is 0 Å². The minimum atomic E-state index is -2.99. The van der Waals surface area contributed by atoms with Crippen molar-refractivity contribution in [2.45, 2.75) is 31.3 Å². The van der Waals surface area contributed by atoms with Crippen LogP contribution < -0.4 is 4.72 Å². The zero-order chi connectivity index (χ0) is 12.2. The van der Waals surface area contributed by atoms with Crippen LogP contribution in [-0.2, 0) is 0 Å². The van der Waals surface area contributed by atoms with Crippen molar-refractivity contribution in [1.82, 2.24) is 4.72 Å². The van der Waals surface area contributed by atoms with Crippen LogP contribution in [0, 0.1) is 6.92 Å². The third-order valence-electron chi connectivity index (χ3n) is 2.34. The summed E-state index contributed by atoms with van der Waals surface area (Å²) in [6, 6.07) is 6.99. The Morgan fingerprint density at radius 2 is 1.81 bits per heavy atom. The maximum absolute atomic E-state index is 9.84. The number of hydrogen-bond acceptors (Lipinski definition) is 4. The molecule has 1 atom stereocenters.